The molecule has 0 atom stereocenters. The Morgan fingerprint density at radius 3 is 2.44 bits per heavy atom. The van der Waals surface area contributed by atoms with Gasteiger partial charge in [0.15, 0.2) is 0 Å². The molecule has 0 saturated heterocycles. The van der Waals surface area contributed by atoms with Crippen LogP contribution in [0.5, 0.6) is 5.88 Å². The predicted octanol–water partition coefficient (Wildman–Crippen LogP) is 4.46. The van der Waals surface area contributed by atoms with Crippen molar-refractivity contribution in [2.24, 2.45) is 0 Å². The van der Waals surface area contributed by atoms with E-state index >= 15 is 0 Å². The van der Waals surface area contributed by atoms with Crippen LogP contribution >= 0.6 is 0 Å². The largest absolute Gasteiger partial charge is 0.480 e. The number of hydrogen-bond acceptors (Lipinski definition) is 4. The smallest absolute Gasteiger partial charge is 0.232 e. The van der Waals surface area contributed by atoms with E-state index in [1.165, 1.54) is 5.56 Å². The minimum atomic E-state index is 0.389. The first kappa shape index (κ1) is 17.1. The monoisotopic (exact) mass is 355 g/mol. The van der Waals surface area contributed by atoms with E-state index in [4.69, 9.17) is 9.72 Å². The maximum atomic E-state index is 9.85. The molecular formula is C23H21N3O. The molecule has 134 valence electrons. The Balaban J connectivity index is 2.00. The molecule has 2 aromatic carbocycles. The fraction of sp³-hybridized carbons (Fsp3) is 0.217. The summed E-state index contributed by atoms with van der Waals surface area (Å²) in [5.74, 6) is 0.389. The van der Waals surface area contributed by atoms with Crippen molar-refractivity contribution >= 4 is 5.69 Å². The Labute approximate surface area is 159 Å². The number of aryl methyl sites for hydroxylation is 1. The molecular weight excluding hydrogens is 334 g/mol. The Kier molecular flexibility index (Phi) is 4.29. The highest BCUT2D eigenvalue weighted by Gasteiger charge is 2.26. The van der Waals surface area contributed by atoms with Crippen molar-refractivity contribution < 1.29 is 4.74 Å². The van der Waals surface area contributed by atoms with Gasteiger partial charge in [-0.3, -0.25) is 0 Å². The number of nitrogens with zero attached hydrogens (tertiary/aromatic N) is 3. The van der Waals surface area contributed by atoms with Crippen LogP contribution in [0.4, 0.5) is 5.69 Å². The Hall–Kier alpha value is -3.32. The molecule has 0 fully saturated rings. The molecule has 0 N–H and O–H groups in total. The Morgan fingerprint density at radius 2 is 1.78 bits per heavy atom. The van der Waals surface area contributed by atoms with Gasteiger partial charge in [-0.25, -0.2) is 4.98 Å². The Morgan fingerprint density at radius 1 is 1.04 bits per heavy atom. The fourth-order valence-corrected chi connectivity index (χ4v) is 3.79. The van der Waals surface area contributed by atoms with E-state index in [1.54, 1.807) is 7.11 Å². The minimum Gasteiger partial charge on any atom is -0.480 e. The molecule has 27 heavy (non-hydrogen) atoms. The van der Waals surface area contributed by atoms with E-state index in [9.17, 15) is 5.26 Å². The first-order valence-electron chi connectivity index (χ1n) is 9.01. The summed E-state index contributed by atoms with van der Waals surface area (Å²) in [4.78, 5) is 6.79. The quantitative estimate of drug-likeness (QED) is 0.696. The van der Waals surface area contributed by atoms with Gasteiger partial charge in [0.25, 0.3) is 0 Å². The number of fused-ring (bicyclic) bond motifs is 3. The van der Waals surface area contributed by atoms with Crippen LogP contribution in [0.25, 0.3) is 22.4 Å². The van der Waals surface area contributed by atoms with Gasteiger partial charge in [0.2, 0.25) is 5.88 Å². The zero-order valence-corrected chi connectivity index (χ0v) is 15.8. The molecule has 0 saturated carbocycles. The van der Waals surface area contributed by atoms with Crippen molar-refractivity contribution in [3.63, 3.8) is 0 Å². The molecule has 0 unspecified atom stereocenters. The minimum absolute atomic E-state index is 0.389. The average Bonchev–Trinajstić information content (AvgIpc) is 2.72. The van der Waals surface area contributed by atoms with Crippen molar-refractivity contribution in [2.75, 3.05) is 26.1 Å². The van der Waals surface area contributed by atoms with Crippen LogP contribution in [-0.4, -0.2) is 26.2 Å². The summed E-state index contributed by atoms with van der Waals surface area (Å²) in [5, 5.41) is 9.85. The number of aromatic nitrogens is 1. The highest BCUT2D eigenvalue weighted by Crippen LogP contribution is 2.42. The second-order valence-corrected chi connectivity index (χ2v) is 6.91. The molecule has 4 nitrogen and oxygen atoms in total. The first-order chi connectivity index (χ1) is 13.1. The van der Waals surface area contributed by atoms with Crippen molar-refractivity contribution in [3.05, 3.63) is 65.2 Å². The SMILES string of the molecule is COc1nc2c(c(-c3ccc(N(C)C)cc3)c1C#N)CCc1ccccc1-2. The molecule has 1 heterocycles. The summed E-state index contributed by atoms with van der Waals surface area (Å²) in [5.41, 5.74) is 8.08. The summed E-state index contributed by atoms with van der Waals surface area (Å²) in [7, 11) is 5.61. The van der Waals surface area contributed by atoms with Crippen LogP contribution in [0.2, 0.25) is 0 Å². The third-order valence-electron chi connectivity index (χ3n) is 5.16. The average molecular weight is 355 g/mol. The van der Waals surface area contributed by atoms with Gasteiger partial charge >= 0.3 is 0 Å². The van der Waals surface area contributed by atoms with E-state index in [2.05, 4.69) is 53.4 Å². The van der Waals surface area contributed by atoms with Crippen molar-refractivity contribution in [2.45, 2.75) is 12.8 Å². The molecule has 1 aliphatic carbocycles. The first-order valence-corrected chi connectivity index (χ1v) is 9.01. The van der Waals surface area contributed by atoms with Gasteiger partial charge in [0.05, 0.1) is 12.8 Å². The zero-order valence-electron chi connectivity index (χ0n) is 15.8. The van der Waals surface area contributed by atoms with E-state index in [1.807, 2.05) is 20.2 Å². The molecule has 1 aliphatic rings. The number of methoxy groups -OCH3 is 1. The van der Waals surface area contributed by atoms with Gasteiger partial charge in [-0.05, 0) is 41.7 Å². The van der Waals surface area contributed by atoms with Crippen LogP contribution in [0.1, 0.15) is 16.7 Å². The van der Waals surface area contributed by atoms with Crippen LogP contribution in [0, 0.1) is 11.3 Å². The number of nitriles is 1. The number of rotatable bonds is 3. The third kappa shape index (κ3) is 2.82. The molecule has 0 spiro atoms. The summed E-state index contributed by atoms with van der Waals surface area (Å²) in [6.07, 6.45) is 1.81. The predicted molar refractivity (Wildman–Crippen MR) is 108 cm³/mol. The number of hydrogen-bond donors (Lipinski definition) is 0. The molecule has 4 rings (SSSR count). The second-order valence-electron chi connectivity index (χ2n) is 6.91. The van der Waals surface area contributed by atoms with Crippen LogP contribution in [-0.2, 0) is 12.8 Å². The molecule has 0 amide bonds. The van der Waals surface area contributed by atoms with Crippen LogP contribution in [0.3, 0.4) is 0 Å². The molecule has 0 bridgehead atoms. The summed E-state index contributed by atoms with van der Waals surface area (Å²) < 4.78 is 5.50. The number of benzene rings is 2. The van der Waals surface area contributed by atoms with Gasteiger partial charge in [-0.15, -0.1) is 0 Å². The lowest BCUT2D eigenvalue weighted by molar-refractivity contribution is 0.397. The van der Waals surface area contributed by atoms with Crippen molar-refractivity contribution in [1.82, 2.24) is 4.98 Å². The van der Waals surface area contributed by atoms with Gasteiger partial charge in [-0.1, -0.05) is 36.4 Å². The third-order valence-corrected chi connectivity index (χ3v) is 5.16. The van der Waals surface area contributed by atoms with Crippen molar-refractivity contribution in [3.8, 4) is 34.3 Å². The number of ether oxygens (including phenoxy) is 1. The summed E-state index contributed by atoms with van der Waals surface area (Å²) in [6.45, 7) is 0. The van der Waals surface area contributed by atoms with Gasteiger partial charge in [-0.2, -0.15) is 5.26 Å². The molecule has 1 aromatic heterocycles. The number of anilines is 1. The zero-order chi connectivity index (χ0) is 19.0. The van der Waals surface area contributed by atoms with Crippen LogP contribution in [0.15, 0.2) is 48.5 Å². The summed E-state index contributed by atoms with van der Waals surface area (Å²) in [6, 6.07) is 19.0. The van der Waals surface area contributed by atoms with E-state index < -0.39 is 0 Å². The second kappa shape index (κ2) is 6.77. The molecule has 3 aromatic rings. The fourth-order valence-electron chi connectivity index (χ4n) is 3.79. The van der Waals surface area contributed by atoms with Crippen molar-refractivity contribution in [1.29, 1.82) is 5.26 Å². The van der Waals surface area contributed by atoms with E-state index in [0.717, 1.165) is 46.5 Å². The standard InChI is InChI=1S/C23H21N3O/c1-26(2)17-11-8-16(9-12-17)21-19-13-10-15-6-4-5-7-18(15)22(19)25-23(27-3)20(21)14-24/h4-9,11-12H,10,13H2,1-3H3. The molecule has 0 radical (unpaired) electrons. The van der Waals surface area contributed by atoms with Crippen LogP contribution < -0.4 is 9.64 Å². The lowest BCUT2D eigenvalue weighted by atomic mass is 9.83. The van der Waals surface area contributed by atoms with Gasteiger partial charge in [0.1, 0.15) is 11.6 Å². The normalized spacial score (nSPS) is 11.9. The lowest BCUT2D eigenvalue weighted by Gasteiger charge is -2.24. The van der Waals surface area contributed by atoms with E-state index in [0.29, 0.717) is 11.4 Å². The maximum absolute atomic E-state index is 9.85. The summed E-state index contributed by atoms with van der Waals surface area (Å²) >= 11 is 0. The topological polar surface area (TPSA) is 49.1 Å². The number of pyridine rings is 1. The highest BCUT2D eigenvalue weighted by molar-refractivity contribution is 5.85. The Bertz CT molecular complexity index is 1050. The molecule has 4 heteroatoms. The van der Waals surface area contributed by atoms with E-state index in [-0.39, 0.29) is 0 Å². The van der Waals surface area contributed by atoms with Gasteiger partial charge < -0.3 is 9.64 Å². The highest BCUT2D eigenvalue weighted by atomic mass is 16.5. The lowest BCUT2D eigenvalue weighted by Crippen LogP contribution is -2.11. The maximum Gasteiger partial charge on any atom is 0.232 e. The molecule has 0 aliphatic heterocycles. The van der Waals surface area contributed by atoms with Gasteiger partial charge in [0, 0.05) is 30.9 Å².